The van der Waals surface area contributed by atoms with Crippen LogP contribution in [0.5, 0.6) is 0 Å². The minimum atomic E-state index is -0.539. The summed E-state index contributed by atoms with van der Waals surface area (Å²) >= 11 is 0. The molecule has 1 spiro atoms. The van der Waals surface area contributed by atoms with Crippen LogP contribution >= 0.6 is 0 Å². The number of hydrogen-bond acceptors (Lipinski definition) is 3. The quantitative estimate of drug-likeness (QED) is 0.434. The Morgan fingerprint density at radius 1 is 1.43 bits per heavy atom. The van der Waals surface area contributed by atoms with Crippen molar-refractivity contribution in [2.75, 3.05) is 0 Å². The third kappa shape index (κ3) is 1.47. The monoisotopic (exact) mass is 194 g/mol. The molecule has 3 heteroatoms. The van der Waals surface area contributed by atoms with Crippen molar-refractivity contribution in [2.45, 2.75) is 38.2 Å². The van der Waals surface area contributed by atoms with E-state index in [1.165, 1.54) is 0 Å². The van der Waals surface area contributed by atoms with Gasteiger partial charge < -0.3 is 4.74 Å². The Labute approximate surface area is 83.1 Å². The Morgan fingerprint density at radius 2 is 2.14 bits per heavy atom. The van der Waals surface area contributed by atoms with E-state index in [0.29, 0.717) is 30.8 Å². The van der Waals surface area contributed by atoms with Crippen molar-refractivity contribution in [3.8, 4) is 0 Å². The molecule has 0 amide bonds. The van der Waals surface area contributed by atoms with Gasteiger partial charge in [-0.1, -0.05) is 13.5 Å². The van der Waals surface area contributed by atoms with E-state index >= 15 is 0 Å². The van der Waals surface area contributed by atoms with Gasteiger partial charge in [-0.05, 0) is 12.3 Å². The summed E-state index contributed by atoms with van der Waals surface area (Å²) in [5.74, 6) is 0.188. The van der Waals surface area contributed by atoms with Gasteiger partial charge in [0.15, 0.2) is 0 Å². The molecule has 1 saturated carbocycles. The zero-order valence-electron chi connectivity index (χ0n) is 8.34. The van der Waals surface area contributed by atoms with Crippen LogP contribution in [-0.2, 0) is 14.3 Å². The lowest BCUT2D eigenvalue weighted by atomic mass is 9.76. The lowest BCUT2D eigenvalue weighted by Crippen LogP contribution is -2.38. The molecule has 1 aliphatic heterocycles. The van der Waals surface area contributed by atoms with Crippen molar-refractivity contribution in [1.82, 2.24) is 0 Å². The highest BCUT2D eigenvalue weighted by Crippen LogP contribution is 2.42. The zero-order valence-corrected chi connectivity index (χ0v) is 8.34. The fraction of sp³-hybridized carbons (Fsp3) is 0.636. The van der Waals surface area contributed by atoms with Crippen LogP contribution in [-0.4, -0.2) is 17.4 Å². The summed E-state index contributed by atoms with van der Waals surface area (Å²) in [4.78, 5) is 22.7. The number of carbonyl (C=O) groups excluding carboxylic acids is 2. The average Bonchev–Trinajstić information content (AvgIpc) is 2.23. The second-order valence-corrected chi connectivity index (χ2v) is 4.58. The molecular formula is C11H14O3. The van der Waals surface area contributed by atoms with Crippen LogP contribution in [0.4, 0.5) is 0 Å². The van der Waals surface area contributed by atoms with Gasteiger partial charge >= 0.3 is 5.97 Å². The molecule has 2 atom stereocenters. The molecule has 0 bridgehead atoms. The van der Waals surface area contributed by atoms with E-state index in [1.54, 1.807) is 0 Å². The second kappa shape index (κ2) is 2.94. The summed E-state index contributed by atoms with van der Waals surface area (Å²) in [5.41, 5.74) is -0.0324. The molecule has 0 aromatic rings. The van der Waals surface area contributed by atoms with E-state index in [2.05, 4.69) is 6.58 Å². The maximum absolute atomic E-state index is 11.4. The van der Waals surface area contributed by atoms with Gasteiger partial charge in [0.2, 0.25) is 0 Å². The molecule has 76 valence electrons. The Kier molecular flexibility index (Phi) is 1.98. The average molecular weight is 194 g/mol. The van der Waals surface area contributed by atoms with Crippen molar-refractivity contribution in [1.29, 1.82) is 0 Å². The lowest BCUT2D eigenvalue weighted by Gasteiger charge is -2.33. The van der Waals surface area contributed by atoms with E-state index in [9.17, 15) is 9.59 Å². The minimum Gasteiger partial charge on any atom is -0.455 e. The first-order chi connectivity index (χ1) is 6.51. The van der Waals surface area contributed by atoms with Gasteiger partial charge in [-0.15, -0.1) is 0 Å². The first-order valence-corrected chi connectivity index (χ1v) is 4.94. The number of ether oxygens (including phenoxy) is 1. The minimum absolute atomic E-state index is 0.200. The van der Waals surface area contributed by atoms with Crippen molar-refractivity contribution in [3.05, 3.63) is 12.2 Å². The summed E-state index contributed by atoms with van der Waals surface area (Å²) in [7, 11) is 0. The van der Waals surface area contributed by atoms with Crippen LogP contribution in [0.1, 0.15) is 32.6 Å². The Balaban J connectivity index is 2.20. The first-order valence-electron chi connectivity index (χ1n) is 4.94. The molecular weight excluding hydrogens is 180 g/mol. The van der Waals surface area contributed by atoms with E-state index in [4.69, 9.17) is 4.74 Å². The van der Waals surface area contributed by atoms with Crippen LogP contribution < -0.4 is 0 Å². The first kappa shape index (κ1) is 9.44. The molecule has 2 fully saturated rings. The maximum Gasteiger partial charge on any atom is 0.334 e. The van der Waals surface area contributed by atoms with Gasteiger partial charge in [-0.3, -0.25) is 4.79 Å². The van der Waals surface area contributed by atoms with Gasteiger partial charge in [-0.2, -0.15) is 0 Å². The maximum atomic E-state index is 11.4. The third-order valence-corrected chi connectivity index (χ3v) is 2.95. The third-order valence-electron chi connectivity index (χ3n) is 2.95. The Morgan fingerprint density at radius 3 is 2.64 bits per heavy atom. The van der Waals surface area contributed by atoms with Gasteiger partial charge in [0.05, 0.1) is 0 Å². The number of ketones is 1. The number of Topliss-reactive ketones (excluding diaryl/α,β-unsaturated/α-hetero) is 1. The summed E-state index contributed by atoms with van der Waals surface area (Å²) in [6, 6.07) is 0. The number of hydrogen-bond donors (Lipinski definition) is 0. The highest BCUT2D eigenvalue weighted by Gasteiger charge is 2.47. The SMILES string of the molecule is C=C1CC2(CC(=O)CC(C)C2)OC1=O. The van der Waals surface area contributed by atoms with Crippen LogP contribution in [0.3, 0.4) is 0 Å². The summed E-state index contributed by atoms with van der Waals surface area (Å²) in [6.07, 6.45) is 2.32. The van der Waals surface area contributed by atoms with Crippen molar-refractivity contribution in [3.63, 3.8) is 0 Å². The molecule has 0 aromatic carbocycles. The number of carbonyl (C=O) groups is 2. The molecule has 0 aromatic heterocycles. The molecule has 2 rings (SSSR count). The van der Waals surface area contributed by atoms with E-state index in [-0.39, 0.29) is 11.8 Å². The predicted molar refractivity (Wildman–Crippen MR) is 50.6 cm³/mol. The molecule has 0 radical (unpaired) electrons. The van der Waals surface area contributed by atoms with Crippen molar-refractivity contribution < 1.29 is 14.3 Å². The van der Waals surface area contributed by atoms with Gasteiger partial charge in [0, 0.05) is 24.8 Å². The summed E-state index contributed by atoms with van der Waals surface area (Å²) < 4.78 is 5.28. The highest BCUT2D eigenvalue weighted by molar-refractivity contribution is 5.92. The molecule has 2 aliphatic rings. The second-order valence-electron chi connectivity index (χ2n) is 4.58. The number of rotatable bonds is 0. The zero-order chi connectivity index (χ0) is 10.3. The van der Waals surface area contributed by atoms with Gasteiger partial charge in [-0.25, -0.2) is 4.79 Å². The summed E-state index contributed by atoms with van der Waals surface area (Å²) in [5, 5.41) is 0. The molecule has 14 heavy (non-hydrogen) atoms. The van der Waals surface area contributed by atoms with Gasteiger partial charge in [0.25, 0.3) is 0 Å². The van der Waals surface area contributed by atoms with Crippen LogP contribution in [0, 0.1) is 5.92 Å². The molecule has 0 N–H and O–H groups in total. The van der Waals surface area contributed by atoms with Crippen LogP contribution in [0.25, 0.3) is 0 Å². The lowest BCUT2D eigenvalue weighted by molar-refractivity contribution is -0.153. The number of esters is 1. The van der Waals surface area contributed by atoms with Crippen LogP contribution in [0.15, 0.2) is 12.2 Å². The Hall–Kier alpha value is -1.12. The molecule has 2 unspecified atom stereocenters. The standard InChI is InChI=1S/C11H14O3/c1-7-3-9(12)6-11(4-7)5-8(2)10(13)14-11/h7H,2-6H2,1H3. The van der Waals surface area contributed by atoms with E-state index < -0.39 is 5.60 Å². The van der Waals surface area contributed by atoms with Gasteiger partial charge in [0.1, 0.15) is 11.4 Å². The fourth-order valence-electron chi connectivity index (χ4n) is 2.58. The largest absolute Gasteiger partial charge is 0.455 e. The highest BCUT2D eigenvalue weighted by atomic mass is 16.6. The van der Waals surface area contributed by atoms with Crippen molar-refractivity contribution >= 4 is 11.8 Å². The topological polar surface area (TPSA) is 43.4 Å². The summed E-state index contributed by atoms with van der Waals surface area (Å²) in [6.45, 7) is 5.67. The smallest absolute Gasteiger partial charge is 0.334 e. The normalized spacial score (nSPS) is 37.8. The molecule has 1 aliphatic carbocycles. The fourth-order valence-corrected chi connectivity index (χ4v) is 2.58. The van der Waals surface area contributed by atoms with Crippen molar-refractivity contribution in [2.24, 2.45) is 5.92 Å². The molecule has 1 heterocycles. The predicted octanol–water partition coefficient (Wildman–Crippen LogP) is 1.62. The van der Waals surface area contributed by atoms with E-state index in [0.717, 1.165) is 6.42 Å². The molecule has 3 nitrogen and oxygen atoms in total. The Bertz CT molecular complexity index is 300. The van der Waals surface area contributed by atoms with Crippen LogP contribution in [0.2, 0.25) is 0 Å². The molecule has 1 saturated heterocycles. The van der Waals surface area contributed by atoms with E-state index in [1.807, 2.05) is 6.92 Å².